The second kappa shape index (κ2) is 5.54. The van der Waals surface area contributed by atoms with E-state index in [9.17, 15) is 4.79 Å². The van der Waals surface area contributed by atoms with Gasteiger partial charge in [-0.15, -0.1) is 0 Å². The Bertz CT molecular complexity index is 471. The molecule has 0 aromatic heterocycles. The van der Waals surface area contributed by atoms with Crippen molar-refractivity contribution < 1.29 is 9.90 Å². The van der Waals surface area contributed by atoms with E-state index in [0.29, 0.717) is 11.6 Å². The molecule has 0 unspecified atom stereocenters. The smallest absolute Gasteiger partial charge is 0.306 e. The molecule has 1 aromatic carbocycles. The van der Waals surface area contributed by atoms with Crippen LogP contribution in [0, 0.1) is 17.2 Å². The fourth-order valence-electron chi connectivity index (χ4n) is 2.40. The number of nitrogens with zero attached hydrogens (tertiary/aromatic N) is 1. The van der Waals surface area contributed by atoms with Gasteiger partial charge in [-0.2, -0.15) is 5.26 Å². The molecule has 1 saturated carbocycles. The van der Waals surface area contributed by atoms with Gasteiger partial charge in [0.25, 0.3) is 0 Å². The Kier molecular flexibility index (Phi) is 3.83. The van der Waals surface area contributed by atoms with Crippen LogP contribution in [0.2, 0.25) is 0 Å². The summed E-state index contributed by atoms with van der Waals surface area (Å²) in [4.78, 5) is 10.8. The van der Waals surface area contributed by atoms with Crippen molar-refractivity contribution in [2.75, 3.05) is 5.32 Å². The van der Waals surface area contributed by atoms with Crippen LogP contribution in [-0.2, 0) is 4.79 Å². The molecule has 2 N–H and O–H groups in total. The fraction of sp³-hybridized carbons (Fsp3) is 0.429. The third-order valence-electron chi connectivity index (χ3n) is 3.44. The summed E-state index contributed by atoms with van der Waals surface area (Å²) in [6.07, 6.45) is 3.19. The Morgan fingerprint density at radius 1 is 1.33 bits per heavy atom. The Morgan fingerprint density at radius 2 is 2.06 bits per heavy atom. The molecule has 0 bridgehead atoms. The highest BCUT2D eigenvalue weighted by molar-refractivity contribution is 5.70. The first-order chi connectivity index (χ1) is 8.69. The molecule has 0 saturated heterocycles. The van der Waals surface area contributed by atoms with Gasteiger partial charge < -0.3 is 10.4 Å². The number of rotatable bonds is 3. The van der Waals surface area contributed by atoms with Gasteiger partial charge in [-0.05, 0) is 43.9 Å². The van der Waals surface area contributed by atoms with Gasteiger partial charge in [0.15, 0.2) is 0 Å². The summed E-state index contributed by atoms with van der Waals surface area (Å²) in [5.74, 6) is -0.867. The summed E-state index contributed by atoms with van der Waals surface area (Å²) in [5.41, 5.74) is 1.58. The van der Waals surface area contributed by atoms with Crippen LogP contribution in [0.3, 0.4) is 0 Å². The van der Waals surface area contributed by atoms with Crippen LogP contribution in [0.5, 0.6) is 0 Å². The van der Waals surface area contributed by atoms with Gasteiger partial charge in [-0.1, -0.05) is 6.07 Å². The molecule has 4 nitrogen and oxygen atoms in total. The molecule has 2 rings (SSSR count). The highest BCUT2D eigenvalue weighted by atomic mass is 16.4. The topological polar surface area (TPSA) is 73.1 Å². The minimum atomic E-state index is -0.681. The largest absolute Gasteiger partial charge is 0.481 e. The van der Waals surface area contributed by atoms with E-state index in [-0.39, 0.29) is 5.92 Å². The van der Waals surface area contributed by atoms with Crippen molar-refractivity contribution in [1.82, 2.24) is 0 Å². The Morgan fingerprint density at radius 3 is 2.67 bits per heavy atom. The van der Waals surface area contributed by atoms with Crippen LogP contribution in [-0.4, -0.2) is 17.1 Å². The maximum Gasteiger partial charge on any atom is 0.306 e. The van der Waals surface area contributed by atoms with Gasteiger partial charge in [0.2, 0.25) is 0 Å². The summed E-state index contributed by atoms with van der Waals surface area (Å²) < 4.78 is 0. The Labute approximate surface area is 106 Å². The van der Waals surface area contributed by atoms with Crippen molar-refractivity contribution in [3.05, 3.63) is 29.8 Å². The van der Waals surface area contributed by atoms with E-state index in [1.165, 1.54) is 0 Å². The summed E-state index contributed by atoms with van der Waals surface area (Å²) in [7, 11) is 0. The van der Waals surface area contributed by atoms with Crippen LogP contribution in [0.1, 0.15) is 31.2 Å². The normalized spacial score (nSPS) is 23.1. The van der Waals surface area contributed by atoms with E-state index < -0.39 is 5.97 Å². The average Bonchev–Trinajstić information content (AvgIpc) is 2.39. The highest BCUT2D eigenvalue weighted by Crippen LogP contribution is 2.26. The number of carbonyl (C=O) groups is 1. The molecule has 1 aliphatic carbocycles. The van der Waals surface area contributed by atoms with E-state index in [0.717, 1.165) is 31.4 Å². The van der Waals surface area contributed by atoms with Crippen molar-refractivity contribution in [1.29, 1.82) is 5.26 Å². The van der Waals surface area contributed by atoms with Gasteiger partial charge in [-0.25, -0.2) is 0 Å². The van der Waals surface area contributed by atoms with Gasteiger partial charge in [0.05, 0.1) is 17.6 Å². The van der Waals surface area contributed by atoms with Crippen LogP contribution in [0.15, 0.2) is 24.3 Å². The number of carboxylic acid groups (broad SMARTS) is 1. The molecule has 18 heavy (non-hydrogen) atoms. The van der Waals surface area contributed by atoms with E-state index in [4.69, 9.17) is 10.4 Å². The zero-order valence-electron chi connectivity index (χ0n) is 10.1. The average molecular weight is 244 g/mol. The molecule has 0 radical (unpaired) electrons. The third kappa shape index (κ3) is 3.01. The van der Waals surface area contributed by atoms with Crippen molar-refractivity contribution in [3.8, 4) is 6.07 Å². The summed E-state index contributed by atoms with van der Waals surface area (Å²) in [6.45, 7) is 0. The molecule has 1 aliphatic rings. The second-order valence-corrected chi connectivity index (χ2v) is 4.72. The van der Waals surface area contributed by atoms with Crippen LogP contribution < -0.4 is 5.32 Å². The fourth-order valence-corrected chi connectivity index (χ4v) is 2.40. The zero-order valence-corrected chi connectivity index (χ0v) is 10.1. The number of anilines is 1. The zero-order chi connectivity index (χ0) is 13.0. The summed E-state index contributed by atoms with van der Waals surface area (Å²) >= 11 is 0. The molecule has 1 aromatic rings. The lowest BCUT2D eigenvalue weighted by Gasteiger charge is -2.27. The standard InChI is InChI=1S/C14H16N2O2/c15-9-10-2-1-3-13(8-10)16-12-6-4-11(5-7-12)14(17)18/h1-3,8,11-12,16H,4-7H2,(H,17,18). The minimum Gasteiger partial charge on any atom is -0.481 e. The predicted molar refractivity (Wildman–Crippen MR) is 68.2 cm³/mol. The molecule has 4 heteroatoms. The number of hydrogen-bond acceptors (Lipinski definition) is 3. The summed E-state index contributed by atoms with van der Waals surface area (Å²) in [5, 5.41) is 21.1. The van der Waals surface area contributed by atoms with E-state index in [1.54, 1.807) is 6.07 Å². The molecule has 0 atom stereocenters. The first-order valence-electron chi connectivity index (χ1n) is 6.18. The molecular formula is C14H16N2O2. The Hall–Kier alpha value is -2.02. The monoisotopic (exact) mass is 244 g/mol. The summed E-state index contributed by atoms with van der Waals surface area (Å²) in [6, 6.07) is 9.80. The van der Waals surface area contributed by atoms with Crippen molar-refractivity contribution in [2.45, 2.75) is 31.7 Å². The van der Waals surface area contributed by atoms with Gasteiger partial charge in [0, 0.05) is 11.7 Å². The molecule has 0 aliphatic heterocycles. The van der Waals surface area contributed by atoms with E-state index in [1.807, 2.05) is 18.2 Å². The van der Waals surface area contributed by atoms with E-state index in [2.05, 4.69) is 11.4 Å². The lowest BCUT2D eigenvalue weighted by Crippen LogP contribution is -2.29. The molecule has 0 spiro atoms. The third-order valence-corrected chi connectivity index (χ3v) is 3.44. The lowest BCUT2D eigenvalue weighted by atomic mass is 9.86. The van der Waals surface area contributed by atoms with Gasteiger partial charge in [0.1, 0.15) is 0 Å². The maximum absolute atomic E-state index is 10.8. The molecular weight excluding hydrogens is 228 g/mol. The van der Waals surface area contributed by atoms with Crippen molar-refractivity contribution in [3.63, 3.8) is 0 Å². The van der Waals surface area contributed by atoms with Gasteiger partial charge in [-0.3, -0.25) is 4.79 Å². The van der Waals surface area contributed by atoms with Crippen LogP contribution in [0.25, 0.3) is 0 Å². The number of aliphatic carboxylic acids is 1. The first-order valence-corrected chi connectivity index (χ1v) is 6.18. The van der Waals surface area contributed by atoms with E-state index >= 15 is 0 Å². The van der Waals surface area contributed by atoms with Gasteiger partial charge >= 0.3 is 5.97 Å². The molecule has 0 amide bonds. The number of benzene rings is 1. The lowest BCUT2D eigenvalue weighted by molar-refractivity contribution is -0.142. The SMILES string of the molecule is N#Cc1cccc(NC2CCC(C(=O)O)CC2)c1. The number of hydrogen-bond donors (Lipinski definition) is 2. The predicted octanol–water partition coefficient (Wildman–Crippen LogP) is 2.61. The maximum atomic E-state index is 10.8. The van der Waals surface area contributed by atoms with Crippen LogP contribution in [0.4, 0.5) is 5.69 Å². The molecule has 0 heterocycles. The molecule has 94 valence electrons. The quantitative estimate of drug-likeness (QED) is 0.857. The second-order valence-electron chi connectivity index (χ2n) is 4.72. The number of nitriles is 1. The highest BCUT2D eigenvalue weighted by Gasteiger charge is 2.25. The molecule has 1 fully saturated rings. The minimum absolute atomic E-state index is 0.187. The number of nitrogens with one attached hydrogen (secondary N) is 1. The van der Waals surface area contributed by atoms with Crippen LogP contribution >= 0.6 is 0 Å². The number of carboxylic acids is 1. The first kappa shape index (κ1) is 12.4. The van der Waals surface area contributed by atoms with Crippen molar-refractivity contribution in [2.24, 2.45) is 5.92 Å². The van der Waals surface area contributed by atoms with Crippen molar-refractivity contribution >= 4 is 11.7 Å². The Balaban J connectivity index is 1.91.